The maximum Gasteiger partial charge on any atom is 0.273 e. The topological polar surface area (TPSA) is 51.1 Å². The van der Waals surface area contributed by atoms with E-state index in [1.54, 1.807) is 29.3 Å². The maximum atomic E-state index is 5.76. The van der Waals surface area contributed by atoms with Crippen molar-refractivity contribution in [3.8, 4) is 5.19 Å². The highest BCUT2D eigenvalue weighted by molar-refractivity contribution is 7.98. The lowest BCUT2D eigenvalue weighted by atomic mass is 9.99. The molecule has 3 heterocycles. The molecular formula is C14H18N4OS2. The highest BCUT2D eigenvalue weighted by atomic mass is 32.2. The highest BCUT2D eigenvalue weighted by Crippen LogP contribution is 2.24. The van der Waals surface area contributed by atoms with Crippen LogP contribution in [0.2, 0.25) is 0 Å². The van der Waals surface area contributed by atoms with Gasteiger partial charge in [-0.15, -0.1) is 0 Å². The maximum absolute atomic E-state index is 5.76. The number of hydrogen-bond acceptors (Lipinski definition) is 7. The van der Waals surface area contributed by atoms with Crippen LogP contribution in [0.25, 0.3) is 0 Å². The molecule has 112 valence electrons. The van der Waals surface area contributed by atoms with E-state index in [-0.39, 0.29) is 0 Å². The number of hydrogen-bond donors (Lipinski definition) is 0. The van der Waals surface area contributed by atoms with E-state index in [1.165, 1.54) is 12.8 Å². The van der Waals surface area contributed by atoms with Gasteiger partial charge in [0.1, 0.15) is 5.82 Å². The van der Waals surface area contributed by atoms with E-state index in [9.17, 15) is 0 Å². The van der Waals surface area contributed by atoms with E-state index in [0.717, 1.165) is 35.9 Å². The largest absolute Gasteiger partial charge is 0.470 e. The Morgan fingerprint density at radius 1 is 1.43 bits per heavy atom. The molecule has 0 N–H and O–H groups in total. The minimum absolute atomic E-state index is 0.523. The average molecular weight is 322 g/mol. The number of rotatable bonds is 5. The van der Waals surface area contributed by atoms with Crippen LogP contribution in [0.5, 0.6) is 5.19 Å². The summed E-state index contributed by atoms with van der Waals surface area (Å²) in [6, 6.07) is 1.99. The molecule has 2 aromatic heterocycles. The van der Waals surface area contributed by atoms with Crippen LogP contribution >= 0.6 is 23.1 Å². The van der Waals surface area contributed by atoms with Crippen LogP contribution in [-0.4, -0.2) is 40.9 Å². The monoisotopic (exact) mass is 322 g/mol. The fourth-order valence-corrected chi connectivity index (χ4v) is 3.33. The molecule has 2 aromatic rings. The number of anilines is 1. The normalized spacial score (nSPS) is 18.7. The van der Waals surface area contributed by atoms with Gasteiger partial charge in [-0.2, -0.15) is 0 Å². The second-order valence-corrected chi connectivity index (χ2v) is 6.60. The van der Waals surface area contributed by atoms with E-state index >= 15 is 0 Å². The van der Waals surface area contributed by atoms with Gasteiger partial charge in [-0.1, -0.05) is 23.1 Å². The van der Waals surface area contributed by atoms with Gasteiger partial charge in [0.15, 0.2) is 5.16 Å². The van der Waals surface area contributed by atoms with Crippen molar-refractivity contribution in [1.82, 2.24) is 15.0 Å². The smallest absolute Gasteiger partial charge is 0.273 e. The fourth-order valence-electron chi connectivity index (χ4n) is 2.49. The Morgan fingerprint density at radius 3 is 3.19 bits per heavy atom. The Kier molecular flexibility index (Phi) is 4.92. The Labute approximate surface area is 132 Å². The van der Waals surface area contributed by atoms with Gasteiger partial charge >= 0.3 is 0 Å². The molecule has 7 heteroatoms. The summed E-state index contributed by atoms with van der Waals surface area (Å²) >= 11 is 3.12. The van der Waals surface area contributed by atoms with Crippen molar-refractivity contribution in [2.45, 2.75) is 18.0 Å². The number of ether oxygens (including phenoxy) is 1. The van der Waals surface area contributed by atoms with Crippen molar-refractivity contribution in [3.63, 3.8) is 0 Å². The van der Waals surface area contributed by atoms with Crippen molar-refractivity contribution < 1.29 is 4.74 Å². The molecule has 1 saturated heterocycles. The number of piperidine rings is 1. The number of thiazole rings is 1. The Balaban J connectivity index is 1.59. The molecule has 0 amide bonds. The Hall–Kier alpha value is -1.34. The lowest BCUT2D eigenvalue weighted by molar-refractivity contribution is 0.227. The SMILES string of the molecule is CSc1nccc(N2CCCC(COc3nccs3)C2)n1. The first-order valence-corrected chi connectivity index (χ1v) is 9.10. The summed E-state index contributed by atoms with van der Waals surface area (Å²) in [5, 5.41) is 3.53. The second-order valence-electron chi connectivity index (χ2n) is 4.96. The minimum Gasteiger partial charge on any atom is -0.470 e. The zero-order valence-corrected chi connectivity index (χ0v) is 13.6. The molecule has 1 aliphatic heterocycles. The summed E-state index contributed by atoms with van der Waals surface area (Å²) in [6.07, 6.45) is 7.98. The third-order valence-electron chi connectivity index (χ3n) is 3.50. The van der Waals surface area contributed by atoms with Crippen LogP contribution < -0.4 is 9.64 Å². The summed E-state index contributed by atoms with van der Waals surface area (Å²) in [5.74, 6) is 1.55. The van der Waals surface area contributed by atoms with Crippen LogP contribution in [-0.2, 0) is 0 Å². The molecule has 1 atom stereocenters. The van der Waals surface area contributed by atoms with Crippen LogP contribution in [0.15, 0.2) is 29.0 Å². The standard InChI is InChI=1S/C14H18N4OS2/c1-20-13-15-5-4-12(17-13)18-7-2-3-11(9-18)10-19-14-16-6-8-21-14/h4-6,8,11H,2-3,7,9-10H2,1H3. The van der Waals surface area contributed by atoms with E-state index in [2.05, 4.69) is 19.9 Å². The fraction of sp³-hybridized carbons (Fsp3) is 0.500. The summed E-state index contributed by atoms with van der Waals surface area (Å²) in [5.41, 5.74) is 0. The van der Waals surface area contributed by atoms with Gasteiger partial charge in [-0.25, -0.2) is 15.0 Å². The Morgan fingerprint density at radius 2 is 2.38 bits per heavy atom. The number of thioether (sulfide) groups is 1. The molecule has 3 rings (SSSR count). The molecule has 0 aliphatic carbocycles. The molecule has 0 aromatic carbocycles. The average Bonchev–Trinajstić information content (AvgIpc) is 3.07. The number of nitrogens with zero attached hydrogens (tertiary/aromatic N) is 4. The van der Waals surface area contributed by atoms with Gasteiger partial charge in [0.25, 0.3) is 5.19 Å². The van der Waals surface area contributed by atoms with Crippen LogP contribution in [0, 0.1) is 5.92 Å². The third kappa shape index (κ3) is 3.85. The van der Waals surface area contributed by atoms with Crippen molar-refractivity contribution in [2.75, 3.05) is 30.9 Å². The molecule has 0 radical (unpaired) electrons. The molecule has 1 fully saturated rings. The summed E-state index contributed by atoms with van der Waals surface area (Å²) in [6.45, 7) is 2.76. The summed E-state index contributed by atoms with van der Waals surface area (Å²) in [7, 11) is 0. The summed E-state index contributed by atoms with van der Waals surface area (Å²) in [4.78, 5) is 15.3. The molecule has 21 heavy (non-hydrogen) atoms. The van der Waals surface area contributed by atoms with Crippen LogP contribution in [0.4, 0.5) is 5.82 Å². The molecule has 5 nitrogen and oxygen atoms in total. The Bertz CT molecular complexity index is 564. The van der Waals surface area contributed by atoms with Crippen LogP contribution in [0.1, 0.15) is 12.8 Å². The van der Waals surface area contributed by atoms with E-state index in [1.807, 2.05) is 23.9 Å². The van der Waals surface area contributed by atoms with Crippen molar-refractivity contribution >= 4 is 28.9 Å². The second kappa shape index (κ2) is 7.09. The molecule has 0 spiro atoms. The predicted octanol–water partition coefficient (Wildman–Crippen LogP) is 2.95. The predicted molar refractivity (Wildman–Crippen MR) is 86.4 cm³/mol. The lowest BCUT2D eigenvalue weighted by Gasteiger charge is -2.33. The summed E-state index contributed by atoms with van der Waals surface area (Å²) < 4.78 is 5.76. The first-order valence-electron chi connectivity index (χ1n) is 6.99. The lowest BCUT2D eigenvalue weighted by Crippen LogP contribution is -2.38. The molecule has 1 aliphatic rings. The minimum atomic E-state index is 0.523. The zero-order chi connectivity index (χ0) is 14.5. The van der Waals surface area contributed by atoms with Gasteiger partial charge in [0.05, 0.1) is 6.61 Å². The van der Waals surface area contributed by atoms with Crippen molar-refractivity contribution in [2.24, 2.45) is 5.92 Å². The first-order chi connectivity index (χ1) is 10.3. The van der Waals surface area contributed by atoms with Gasteiger partial charge < -0.3 is 9.64 Å². The zero-order valence-electron chi connectivity index (χ0n) is 11.9. The molecule has 0 bridgehead atoms. The molecule has 0 saturated carbocycles. The molecular weight excluding hydrogens is 304 g/mol. The van der Waals surface area contributed by atoms with E-state index in [0.29, 0.717) is 5.92 Å². The first kappa shape index (κ1) is 14.6. The van der Waals surface area contributed by atoms with Gasteiger partial charge in [0.2, 0.25) is 0 Å². The quantitative estimate of drug-likeness (QED) is 0.623. The van der Waals surface area contributed by atoms with E-state index < -0.39 is 0 Å². The van der Waals surface area contributed by atoms with Crippen molar-refractivity contribution in [1.29, 1.82) is 0 Å². The van der Waals surface area contributed by atoms with E-state index in [4.69, 9.17) is 4.74 Å². The van der Waals surface area contributed by atoms with Gasteiger partial charge in [0, 0.05) is 36.8 Å². The van der Waals surface area contributed by atoms with Gasteiger partial charge in [-0.3, -0.25) is 0 Å². The molecule has 1 unspecified atom stereocenters. The van der Waals surface area contributed by atoms with Crippen LogP contribution in [0.3, 0.4) is 0 Å². The third-order valence-corrected chi connectivity index (χ3v) is 4.74. The highest BCUT2D eigenvalue weighted by Gasteiger charge is 2.22. The number of aromatic nitrogens is 3. The van der Waals surface area contributed by atoms with Gasteiger partial charge in [-0.05, 0) is 25.2 Å². The van der Waals surface area contributed by atoms with Crippen molar-refractivity contribution in [3.05, 3.63) is 23.8 Å².